The van der Waals surface area contributed by atoms with Gasteiger partial charge in [-0.1, -0.05) is 23.2 Å². The molecule has 100 valence electrons. The third-order valence-electron chi connectivity index (χ3n) is 2.71. The number of rotatable bonds is 2. The van der Waals surface area contributed by atoms with E-state index in [9.17, 15) is 10.1 Å². The standard InChI is InChI=1S/C12H6Cl2N4O2/c13-7-3-4-8(9(14)6-7)11-15-12-10(18(19)20)2-1-5-17(12)16-11/h1-6H. The van der Waals surface area contributed by atoms with Crippen molar-refractivity contribution in [1.29, 1.82) is 0 Å². The van der Waals surface area contributed by atoms with E-state index in [2.05, 4.69) is 10.1 Å². The first-order valence-electron chi connectivity index (χ1n) is 5.51. The van der Waals surface area contributed by atoms with Crippen molar-refractivity contribution in [2.75, 3.05) is 0 Å². The van der Waals surface area contributed by atoms with Gasteiger partial charge in [0.2, 0.25) is 5.65 Å². The molecule has 6 nitrogen and oxygen atoms in total. The Labute approximate surface area is 122 Å². The molecule has 8 heteroatoms. The summed E-state index contributed by atoms with van der Waals surface area (Å²) in [6, 6.07) is 7.80. The smallest absolute Gasteiger partial charge is 0.258 e. The van der Waals surface area contributed by atoms with E-state index in [4.69, 9.17) is 23.2 Å². The van der Waals surface area contributed by atoms with Gasteiger partial charge in [-0.15, -0.1) is 5.10 Å². The molecular formula is C12H6Cl2N4O2. The van der Waals surface area contributed by atoms with Crippen LogP contribution in [0.2, 0.25) is 10.0 Å². The molecule has 20 heavy (non-hydrogen) atoms. The van der Waals surface area contributed by atoms with Crippen LogP contribution < -0.4 is 0 Å². The molecule has 0 N–H and O–H groups in total. The first-order chi connectivity index (χ1) is 9.56. The highest BCUT2D eigenvalue weighted by atomic mass is 35.5. The molecule has 0 fully saturated rings. The van der Waals surface area contributed by atoms with Gasteiger partial charge in [0.1, 0.15) is 0 Å². The average molecular weight is 309 g/mol. The fraction of sp³-hybridized carbons (Fsp3) is 0. The fourth-order valence-electron chi connectivity index (χ4n) is 1.82. The van der Waals surface area contributed by atoms with E-state index in [0.29, 0.717) is 21.4 Å². The van der Waals surface area contributed by atoms with Gasteiger partial charge >= 0.3 is 5.69 Å². The SMILES string of the molecule is O=[N+]([O-])c1cccn2nc(-c3ccc(Cl)cc3Cl)nc12. The van der Waals surface area contributed by atoms with Gasteiger partial charge in [-0.3, -0.25) is 10.1 Å². The topological polar surface area (TPSA) is 73.3 Å². The van der Waals surface area contributed by atoms with Crippen molar-refractivity contribution >= 4 is 34.5 Å². The van der Waals surface area contributed by atoms with Crippen LogP contribution in [0.4, 0.5) is 5.69 Å². The molecule has 3 rings (SSSR count). The molecule has 2 aromatic heterocycles. The van der Waals surface area contributed by atoms with Gasteiger partial charge in [-0.2, -0.15) is 0 Å². The molecule has 0 atom stereocenters. The quantitative estimate of drug-likeness (QED) is 0.535. The average Bonchev–Trinajstić information content (AvgIpc) is 2.81. The zero-order valence-electron chi connectivity index (χ0n) is 9.83. The number of nitrogens with zero attached hydrogens (tertiary/aromatic N) is 4. The molecule has 0 unspecified atom stereocenters. The molecule has 1 aromatic carbocycles. The molecule has 0 aliphatic heterocycles. The van der Waals surface area contributed by atoms with E-state index in [-0.39, 0.29) is 11.3 Å². The van der Waals surface area contributed by atoms with Crippen molar-refractivity contribution in [3.8, 4) is 11.4 Å². The van der Waals surface area contributed by atoms with Gasteiger partial charge in [0, 0.05) is 22.8 Å². The van der Waals surface area contributed by atoms with Crippen LogP contribution in [-0.2, 0) is 0 Å². The highest BCUT2D eigenvalue weighted by molar-refractivity contribution is 6.36. The summed E-state index contributed by atoms with van der Waals surface area (Å²) in [7, 11) is 0. The molecule has 0 saturated carbocycles. The van der Waals surface area contributed by atoms with Crippen molar-refractivity contribution in [2.45, 2.75) is 0 Å². The van der Waals surface area contributed by atoms with E-state index < -0.39 is 4.92 Å². The Morgan fingerprint density at radius 1 is 1.25 bits per heavy atom. The molecule has 0 aliphatic rings. The van der Waals surface area contributed by atoms with E-state index in [1.807, 2.05) is 0 Å². The Morgan fingerprint density at radius 3 is 2.75 bits per heavy atom. The third-order valence-corrected chi connectivity index (χ3v) is 3.26. The van der Waals surface area contributed by atoms with Crippen molar-refractivity contribution in [3.63, 3.8) is 0 Å². The van der Waals surface area contributed by atoms with E-state index in [1.165, 1.54) is 16.6 Å². The normalized spacial score (nSPS) is 10.9. The molecule has 0 bridgehead atoms. The summed E-state index contributed by atoms with van der Waals surface area (Å²) in [5.74, 6) is 0.306. The van der Waals surface area contributed by atoms with Gasteiger partial charge in [-0.25, -0.2) is 9.50 Å². The number of nitro groups is 1. The molecule has 0 amide bonds. The first kappa shape index (κ1) is 12.8. The summed E-state index contributed by atoms with van der Waals surface area (Å²) in [4.78, 5) is 14.6. The molecule has 0 spiro atoms. The van der Waals surface area contributed by atoms with E-state index >= 15 is 0 Å². The number of halogens is 2. The van der Waals surface area contributed by atoms with E-state index in [1.54, 1.807) is 24.4 Å². The second kappa shape index (κ2) is 4.73. The number of pyridine rings is 1. The van der Waals surface area contributed by atoms with Crippen molar-refractivity contribution in [1.82, 2.24) is 14.6 Å². The molecule has 3 aromatic rings. The van der Waals surface area contributed by atoms with Gasteiger partial charge in [0.05, 0.1) is 9.95 Å². The molecule has 0 aliphatic carbocycles. The summed E-state index contributed by atoms with van der Waals surface area (Å²) >= 11 is 11.9. The predicted molar refractivity (Wildman–Crippen MR) is 75.1 cm³/mol. The van der Waals surface area contributed by atoms with Gasteiger partial charge < -0.3 is 0 Å². The van der Waals surface area contributed by atoms with Crippen LogP contribution in [0.25, 0.3) is 17.0 Å². The van der Waals surface area contributed by atoms with E-state index in [0.717, 1.165) is 0 Å². The lowest BCUT2D eigenvalue weighted by Gasteiger charge is -1.98. The van der Waals surface area contributed by atoms with Crippen LogP contribution in [0.3, 0.4) is 0 Å². The van der Waals surface area contributed by atoms with Gasteiger partial charge in [0.25, 0.3) is 0 Å². The zero-order chi connectivity index (χ0) is 14.3. The Morgan fingerprint density at radius 2 is 2.05 bits per heavy atom. The summed E-state index contributed by atoms with van der Waals surface area (Å²) in [6.45, 7) is 0. The van der Waals surface area contributed by atoms with Crippen LogP contribution in [-0.4, -0.2) is 19.5 Å². The summed E-state index contributed by atoms with van der Waals surface area (Å²) in [6.07, 6.45) is 1.59. The minimum Gasteiger partial charge on any atom is -0.258 e. The maximum absolute atomic E-state index is 11.0. The van der Waals surface area contributed by atoms with Gasteiger partial charge in [-0.05, 0) is 24.3 Å². The lowest BCUT2D eigenvalue weighted by atomic mass is 10.2. The second-order valence-corrected chi connectivity index (χ2v) is 4.82. The monoisotopic (exact) mass is 308 g/mol. The van der Waals surface area contributed by atoms with Crippen LogP contribution in [0.5, 0.6) is 0 Å². The highest BCUT2D eigenvalue weighted by Gasteiger charge is 2.18. The van der Waals surface area contributed by atoms with Crippen molar-refractivity contribution in [3.05, 3.63) is 56.7 Å². The molecular weight excluding hydrogens is 303 g/mol. The Balaban J connectivity index is 2.23. The molecule has 0 radical (unpaired) electrons. The number of hydrogen-bond acceptors (Lipinski definition) is 4. The number of fused-ring (bicyclic) bond motifs is 1. The maximum Gasteiger partial charge on any atom is 0.313 e. The van der Waals surface area contributed by atoms with Crippen LogP contribution in [0.1, 0.15) is 0 Å². The Hall–Kier alpha value is -2.18. The van der Waals surface area contributed by atoms with Crippen LogP contribution in [0.15, 0.2) is 36.5 Å². The second-order valence-electron chi connectivity index (χ2n) is 3.98. The van der Waals surface area contributed by atoms with Crippen LogP contribution >= 0.6 is 23.2 Å². The van der Waals surface area contributed by atoms with Gasteiger partial charge in [0.15, 0.2) is 5.82 Å². The van der Waals surface area contributed by atoms with Crippen molar-refractivity contribution in [2.24, 2.45) is 0 Å². The minimum atomic E-state index is -0.503. The summed E-state index contributed by atoms with van der Waals surface area (Å²) in [5, 5.41) is 16.0. The number of benzene rings is 1. The highest BCUT2D eigenvalue weighted by Crippen LogP contribution is 2.29. The number of hydrogen-bond donors (Lipinski definition) is 0. The first-order valence-corrected chi connectivity index (χ1v) is 6.27. The zero-order valence-corrected chi connectivity index (χ0v) is 11.3. The lowest BCUT2D eigenvalue weighted by Crippen LogP contribution is -1.93. The number of aromatic nitrogens is 3. The predicted octanol–water partition coefficient (Wildman–Crippen LogP) is 3.61. The summed E-state index contributed by atoms with van der Waals surface area (Å²) in [5.41, 5.74) is 0.615. The fourth-order valence-corrected chi connectivity index (χ4v) is 2.31. The Bertz CT molecular complexity index is 831. The molecule has 0 saturated heterocycles. The van der Waals surface area contributed by atoms with Crippen LogP contribution in [0, 0.1) is 10.1 Å². The lowest BCUT2D eigenvalue weighted by molar-refractivity contribution is -0.383. The summed E-state index contributed by atoms with van der Waals surface area (Å²) < 4.78 is 1.35. The van der Waals surface area contributed by atoms with Crippen molar-refractivity contribution < 1.29 is 4.92 Å². The minimum absolute atomic E-state index is 0.115. The maximum atomic E-state index is 11.0. The molecule has 2 heterocycles. The largest absolute Gasteiger partial charge is 0.313 e. The third kappa shape index (κ3) is 2.09. The Kier molecular flexibility index (Phi) is 3.04.